The van der Waals surface area contributed by atoms with E-state index in [1.807, 2.05) is 19.3 Å². The Morgan fingerprint density at radius 2 is 2.05 bits per heavy atom. The van der Waals surface area contributed by atoms with Crippen molar-refractivity contribution in [2.24, 2.45) is 5.92 Å². The van der Waals surface area contributed by atoms with Crippen LogP contribution < -0.4 is 10.2 Å². The fourth-order valence-electron chi connectivity index (χ4n) is 2.59. The van der Waals surface area contributed by atoms with Gasteiger partial charge in [0.15, 0.2) is 0 Å². The highest BCUT2D eigenvalue weighted by atomic mass is 16.5. The molecule has 0 amide bonds. The van der Waals surface area contributed by atoms with E-state index < -0.39 is 0 Å². The zero-order chi connectivity index (χ0) is 15.1. The molecule has 0 spiro atoms. The van der Waals surface area contributed by atoms with E-state index >= 15 is 0 Å². The number of aliphatic hydroxyl groups is 1. The second kappa shape index (κ2) is 8.26. The summed E-state index contributed by atoms with van der Waals surface area (Å²) in [5.41, 5.74) is 1.08. The van der Waals surface area contributed by atoms with Gasteiger partial charge in [-0.2, -0.15) is 0 Å². The van der Waals surface area contributed by atoms with Crippen LogP contribution in [0, 0.1) is 5.92 Å². The van der Waals surface area contributed by atoms with Gasteiger partial charge in [0.2, 0.25) is 5.95 Å². The van der Waals surface area contributed by atoms with Gasteiger partial charge in [0.25, 0.3) is 0 Å². The molecule has 1 unspecified atom stereocenters. The van der Waals surface area contributed by atoms with Gasteiger partial charge in [-0.15, -0.1) is 0 Å². The van der Waals surface area contributed by atoms with E-state index in [1.165, 1.54) is 0 Å². The predicted molar refractivity (Wildman–Crippen MR) is 82.2 cm³/mol. The number of aliphatic hydroxyl groups excluding tert-OH is 1. The average Bonchev–Trinajstić information content (AvgIpc) is 2.52. The maximum absolute atomic E-state index is 9.63. The summed E-state index contributed by atoms with van der Waals surface area (Å²) in [5, 5.41) is 12.9. The third-order valence-electron chi connectivity index (χ3n) is 4.01. The molecule has 0 bridgehead atoms. The van der Waals surface area contributed by atoms with Crippen molar-refractivity contribution in [3.63, 3.8) is 0 Å². The highest BCUT2D eigenvalue weighted by Crippen LogP contribution is 2.22. The lowest BCUT2D eigenvalue weighted by molar-refractivity contribution is 0.109. The molecule has 0 aromatic carbocycles. The average molecular weight is 294 g/mol. The molecular weight excluding hydrogens is 268 g/mol. The first-order chi connectivity index (χ1) is 10.2. The molecule has 1 saturated heterocycles. The molecule has 1 aromatic heterocycles. The number of nitrogens with zero attached hydrogens (tertiary/aromatic N) is 3. The Kier molecular flexibility index (Phi) is 6.35. The minimum Gasteiger partial charge on any atom is -0.393 e. The number of anilines is 1. The lowest BCUT2D eigenvalue weighted by Crippen LogP contribution is -2.38. The molecule has 0 radical (unpaired) electrons. The van der Waals surface area contributed by atoms with Crippen molar-refractivity contribution in [2.75, 3.05) is 38.3 Å². The van der Waals surface area contributed by atoms with Gasteiger partial charge < -0.3 is 20.1 Å². The standard InChI is InChI=1S/C15H26N4O2/c1-12(20)14-3-6-19(7-4-14)15-17-10-13(11-18-15)9-16-5-8-21-2/h10-12,14,16,20H,3-9H2,1-2H3. The number of nitrogens with one attached hydrogen (secondary N) is 1. The van der Waals surface area contributed by atoms with E-state index in [2.05, 4.69) is 20.2 Å². The summed E-state index contributed by atoms with van der Waals surface area (Å²) in [4.78, 5) is 11.1. The summed E-state index contributed by atoms with van der Waals surface area (Å²) < 4.78 is 4.99. The van der Waals surface area contributed by atoms with Gasteiger partial charge in [0.05, 0.1) is 12.7 Å². The normalized spacial score (nSPS) is 18.0. The van der Waals surface area contributed by atoms with Gasteiger partial charge in [0, 0.05) is 51.2 Å². The second-order valence-electron chi connectivity index (χ2n) is 5.63. The van der Waals surface area contributed by atoms with Crippen molar-refractivity contribution in [1.82, 2.24) is 15.3 Å². The lowest BCUT2D eigenvalue weighted by Gasteiger charge is -2.33. The molecule has 2 heterocycles. The van der Waals surface area contributed by atoms with Crippen LogP contribution in [0.1, 0.15) is 25.3 Å². The molecule has 1 fully saturated rings. The van der Waals surface area contributed by atoms with Crippen LogP contribution >= 0.6 is 0 Å². The molecule has 6 nitrogen and oxygen atoms in total. The summed E-state index contributed by atoms with van der Waals surface area (Å²) in [5.74, 6) is 1.20. The van der Waals surface area contributed by atoms with Gasteiger partial charge in [-0.1, -0.05) is 0 Å². The van der Waals surface area contributed by atoms with Crippen molar-refractivity contribution in [3.8, 4) is 0 Å². The summed E-state index contributed by atoms with van der Waals surface area (Å²) in [6, 6.07) is 0. The smallest absolute Gasteiger partial charge is 0.225 e. The van der Waals surface area contributed by atoms with Gasteiger partial charge in [-0.3, -0.25) is 0 Å². The van der Waals surface area contributed by atoms with Crippen LogP contribution in [0.5, 0.6) is 0 Å². The fraction of sp³-hybridized carbons (Fsp3) is 0.733. The van der Waals surface area contributed by atoms with Crippen molar-refractivity contribution < 1.29 is 9.84 Å². The molecule has 0 aliphatic carbocycles. The topological polar surface area (TPSA) is 70.5 Å². The molecule has 1 atom stereocenters. The van der Waals surface area contributed by atoms with Crippen molar-refractivity contribution in [3.05, 3.63) is 18.0 Å². The largest absolute Gasteiger partial charge is 0.393 e. The number of rotatable bonds is 7. The molecule has 1 aromatic rings. The highest BCUT2D eigenvalue weighted by molar-refractivity contribution is 5.30. The number of ether oxygens (including phenoxy) is 1. The van der Waals surface area contributed by atoms with Gasteiger partial charge in [-0.25, -0.2) is 9.97 Å². The van der Waals surface area contributed by atoms with Gasteiger partial charge in [-0.05, 0) is 25.7 Å². The van der Waals surface area contributed by atoms with Crippen LogP contribution in [0.4, 0.5) is 5.95 Å². The van der Waals surface area contributed by atoms with Crippen LogP contribution in [0.2, 0.25) is 0 Å². The molecule has 0 saturated carbocycles. The van der Waals surface area contributed by atoms with Crippen LogP contribution in [0.25, 0.3) is 0 Å². The molecule has 6 heteroatoms. The molecule has 1 aliphatic heterocycles. The predicted octanol–water partition coefficient (Wildman–Crippen LogP) is 0.810. The molecule has 1 aliphatic rings. The number of hydrogen-bond acceptors (Lipinski definition) is 6. The Balaban J connectivity index is 1.80. The van der Waals surface area contributed by atoms with Crippen molar-refractivity contribution in [1.29, 1.82) is 0 Å². The summed E-state index contributed by atoms with van der Waals surface area (Å²) in [6.07, 6.45) is 5.54. The van der Waals surface area contributed by atoms with E-state index in [4.69, 9.17) is 4.74 Å². The summed E-state index contributed by atoms with van der Waals surface area (Å²) in [7, 11) is 1.69. The number of piperidine rings is 1. The van der Waals surface area contributed by atoms with Gasteiger partial charge >= 0.3 is 0 Å². The first-order valence-electron chi connectivity index (χ1n) is 7.64. The Morgan fingerprint density at radius 1 is 1.38 bits per heavy atom. The Labute approximate surface area is 126 Å². The van der Waals surface area contributed by atoms with Crippen LogP contribution in [-0.2, 0) is 11.3 Å². The zero-order valence-electron chi connectivity index (χ0n) is 13.0. The third-order valence-corrected chi connectivity index (χ3v) is 4.01. The molecule has 2 N–H and O–H groups in total. The van der Waals surface area contributed by atoms with Crippen molar-refractivity contribution >= 4 is 5.95 Å². The van der Waals surface area contributed by atoms with E-state index in [0.717, 1.165) is 50.5 Å². The monoisotopic (exact) mass is 294 g/mol. The minimum atomic E-state index is -0.214. The third kappa shape index (κ3) is 4.91. The van der Waals surface area contributed by atoms with E-state index in [1.54, 1.807) is 7.11 Å². The second-order valence-corrected chi connectivity index (χ2v) is 5.63. The lowest BCUT2D eigenvalue weighted by atomic mass is 9.92. The Bertz CT molecular complexity index is 403. The van der Waals surface area contributed by atoms with E-state index in [0.29, 0.717) is 12.5 Å². The fourth-order valence-corrected chi connectivity index (χ4v) is 2.59. The Morgan fingerprint density at radius 3 is 2.62 bits per heavy atom. The zero-order valence-corrected chi connectivity index (χ0v) is 13.0. The van der Waals surface area contributed by atoms with Gasteiger partial charge in [0.1, 0.15) is 0 Å². The maximum atomic E-state index is 9.63. The SMILES string of the molecule is COCCNCc1cnc(N2CCC(C(C)O)CC2)nc1. The first kappa shape index (κ1) is 16.1. The summed E-state index contributed by atoms with van der Waals surface area (Å²) >= 11 is 0. The molecule has 21 heavy (non-hydrogen) atoms. The number of methoxy groups -OCH3 is 1. The quantitative estimate of drug-likeness (QED) is 0.725. The molecular formula is C15H26N4O2. The Hall–Kier alpha value is -1.24. The van der Waals surface area contributed by atoms with E-state index in [9.17, 15) is 5.11 Å². The number of hydrogen-bond donors (Lipinski definition) is 2. The van der Waals surface area contributed by atoms with Crippen LogP contribution in [0.3, 0.4) is 0 Å². The molecule has 118 valence electrons. The molecule has 2 rings (SSSR count). The van der Waals surface area contributed by atoms with Crippen LogP contribution in [-0.4, -0.2) is 54.5 Å². The highest BCUT2D eigenvalue weighted by Gasteiger charge is 2.23. The minimum absolute atomic E-state index is 0.214. The van der Waals surface area contributed by atoms with Crippen LogP contribution in [0.15, 0.2) is 12.4 Å². The first-order valence-corrected chi connectivity index (χ1v) is 7.64. The number of aromatic nitrogens is 2. The van der Waals surface area contributed by atoms with E-state index in [-0.39, 0.29) is 6.10 Å². The van der Waals surface area contributed by atoms with Crippen molar-refractivity contribution in [2.45, 2.75) is 32.4 Å². The summed E-state index contributed by atoms with van der Waals surface area (Å²) in [6.45, 7) is 6.00. The maximum Gasteiger partial charge on any atom is 0.225 e.